The molecule has 3 aromatic rings. The van der Waals surface area contributed by atoms with Crippen LogP contribution in [0, 0.1) is 0 Å². The van der Waals surface area contributed by atoms with Crippen molar-refractivity contribution in [3.05, 3.63) is 30.1 Å². The number of anilines is 1. The molecule has 0 unspecified atom stereocenters. The van der Waals surface area contributed by atoms with E-state index in [9.17, 15) is 0 Å². The van der Waals surface area contributed by atoms with Crippen molar-refractivity contribution in [2.45, 2.75) is 44.7 Å². The maximum Gasteiger partial charge on any atom is 0.152 e. The number of fused-ring (bicyclic) bond motifs is 3. The number of nitrogens with one attached hydrogen (secondary N) is 1. The van der Waals surface area contributed by atoms with E-state index in [1.54, 1.807) is 7.11 Å². The Kier molecular flexibility index (Phi) is 6.59. The first-order valence-electron chi connectivity index (χ1n) is 10.6. The molecule has 1 aromatic carbocycles. The van der Waals surface area contributed by atoms with Gasteiger partial charge in [0.1, 0.15) is 11.3 Å². The van der Waals surface area contributed by atoms with Crippen LogP contribution in [0.3, 0.4) is 0 Å². The Hall–Kier alpha value is -2.22. The monoisotopic (exact) mass is 397 g/mol. The second-order valence-electron chi connectivity index (χ2n) is 7.68. The van der Waals surface area contributed by atoms with Crippen LogP contribution >= 0.6 is 0 Å². The Morgan fingerprint density at radius 2 is 2.03 bits per heavy atom. The maximum atomic E-state index is 6.25. The van der Waals surface area contributed by atoms with Crippen LogP contribution in [-0.4, -0.2) is 54.1 Å². The number of nitrogen functional groups attached to an aromatic ring is 1. The fraction of sp³-hybridized carbons (Fsp3) is 0.545. The quantitative estimate of drug-likeness (QED) is 0.540. The summed E-state index contributed by atoms with van der Waals surface area (Å²) in [5, 5.41) is 4.78. The molecule has 29 heavy (non-hydrogen) atoms. The SMILES string of the molecule is COCCc1nc2c(N)nc3ccccc3c2n1CCCCNC1CCOCC1. The van der Waals surface area contributed by atoms with Gasteiger partial charge in [0.15, 0.2) is 5.82 Å². The molecule has 7 nitrogen and oxygen atoms in total. The number of unbranched alkanes of at least 4 members (excludes halogenated alkanes) is 1. The van der Waals surface area contributed by atoms with Crippen molar-refractivity contribution in [1.29, 1.82) is 0 Å². The first-order chi connectivity index (χ1) is 14.3. The molecule has 1 aliphatic rings. The summed E-state index contributed by atoms with van der Waals surface area (Å²) in [7, 11) is 1.72. The molecule has 156 valence electrons. The Bertz CT molecular complexity index is 949. The maximum absolute atomic E-state index is 6.25. The summed E-state index contributed by atoms with van der Waals surface area (Å²) in [5.74, 6) is 1.52. The highest BCUT2D eigenvalue weighted by Gasteiger charge is 2.17. The Labute approximate surface area is 171 Å². The summed E-state index contributed by atoms with van der Waals surface area (Å²) < 4.78 is 13.1. The van der Waals surface area contributed by atoms with E-state index in [0.717, 1.165) is 86.2 Å². The summed E-state index contributed by atoms with van der Waals surface area (Å²) in [6.07, 6.45) is 5.20. The molecule has 0 bridgehead atoms. The molecular weight excluding hydrogens is 366 g/mol. The van der Waals surface area contributed by atoms with E-state index < -0.39 is 0 Å². The number of imidazole rings is 1. The summed E-state index contributed by atoms with van der Waals surface area (Å²) >= 11 is 0. The van der Waals surface area contributed by atoms with Gasteiger partial charge in [0, 0.05) is 44.7 Å². The van der Waals surface area contributed by atoms with Gasteiger partial charge < -0.3 is 25.1 Å². The van der Waals surface area contributed by atoms with E-state index in [4.69, 9.17) is 20.2 Å². The second kappa shape index (κ2) is 9.52. The number of hydrogen-bond acceptors (Lipinski definition) is 6. The van der Waals surface area contributed by atoms with Crippen LogP contribution in [0.1, 0.15) is 31.5 Å². The Morgan fingerprint density at radius 1 is 1.21 bits per heavy atom. The number of benzene rings is 1. The average molecular weight is 398 g/mol. The first-order valence-corrected chi connectivity index (χ1v) is 10.6. The van der Waals surface area contributed by atoms with Crippen LogP contribution in [0.4, 0.5) is 5.82 Å². The molecule has 0 radical (unpaired) electrons. The molecular formula is C22H31N5O2. The predicted molar refractivity (Wildman–Crippen MR) is 116 cm³/mol. The molecule has 0 saturated carbocycles. The minimum atomic E-state index is 0.498. The van der Waals surface area contributed by atoms with Gasteiger partial charge in [0.05, 0.1) is 17.6 Å². The molecule has 1 saturated heterocycles. The summed E-state index contributed by atoms with van der Waals surface area (Å²) in [5.41, 5.74) is 9.06. The van der Waals surface area contributed by atoms with Gasteiger partial charge in [-0.1, -0.05) is 18.2 Å². The van der Waals surface area contributed by atoms with Crippen LogP contribution in [0.2, 0.25) is 0 Å². The van der Waals surface area contributed by atoms with Crippen molar-refractivity contribution >= 4 is 27.8 Å². The van der Waals surface area contributed by atoms with E-state index >= 15 is 0 Å². The third-order valence-electron chi connectivity index (χ3n) is 5.68. The number of pyridine rings is 1. The zero-order valence-electron chi connectivity index (χ0n) is 17.2. The van der Waals surface area contributed by atoms with Crippen LogP contribution < -0.4 is 11.1 Å². The van der Waals surface area contributed by atoms with Crippen LogP contribution in [0.25, 0.3) is 21.9 Å². The summed E-state index contributed by atoms with van der Waals surface area (Å²) in [4.78, 5) is 9.39. The van der Waals surface area contributed by atoms with E-state index in [1.165, 1.54) is 0 Å². The van der Waals surface area contributed by atoms with Gasteiger partial charge in [-0.05, 0) is 38.3 Å². The standard InChI is InChI=1S/C22H31N5O2/c1-28-13-10-19-26-20-21(17-6-2-3-7-18(17)25-22(20)23)27(19)12-5-4-11-24-16-8-14-29-15-9-16/h2-3,6-7,16,24H,4-5,8-15H2,1H3,(H2,23,25). The zero-order valence-corrected chi connectivity index (χ0v) is 17.2. The van der Waals surface area contributed by atoms with Gasteiger partial charge in [0.25, 0.3) is 0 Å². The highest BCUT2D eigenvalue weighted by atomic mass is 16.5. The third-order valence-corrected chi connectivity index (χ3v) is 5.68. The predicted octanol–water partition coefficient (Wildman–Crippen LogP) is 2.90. The lowest BCUT2D eigenvalue weighted by molar-refractivity contribution is 0.0780. The molecule has 0 amide bonds. The summed E-state index contributed by atoms with van der Waals surface area (Å²) in [6, 6.07) is 8.76. The van der Waals surface area contributed by atoms with Gasteiger partial charge >= 0.3 is 0 Å². The first kappa shape index (κ1) is 20.1. The Balaban J connectivity index is 1.52. The van der Waals surface area contributed by atoms with Crippen LogP contribution in [0.15, 0.2) is 24.3 Å². The minimum Gasteiger partial charge on any atom is -0.384 e. The summed E-state index contributed by atoms with van der Waals surface area (Å²) in [6.45, 7) is 4.35. The molecule has 3 heterocycles. The van der Waals surface area contributed by atoms with Gasteiger partial charge in [0.2, 0.25) is 0 Å². The van der Waals surface area contributed by atoms with Crippen molar-refractivity contribution in [2.24, 2.45) is 0 Å². The van der Waals surface area contributed by atoms with Crippen LogP contribution in [0.5, 0.6) is 0 Å². The molecule has 1 aliphatic heterocycles. The third kappa shape index (κ3) is 4.52. The van der Waals surface area contributed by atoms with Crippen molar-refractivity contribution < 1.29 is 9.47 Å². The largest absolute Gasteiger partial charge is 0.384 e. The number of nitrogens with two attached hydrogens (primary N) is 1. The number of rotatable bonds is 9. The number of aryl methyl sites for hydroxylation is 1. The molecule has 0 aliphatic carbocycles. The fourth-order valence-corrected chi connectivity index (χ4v) is 4.13. The fourth-order valence-electron chi connectivity index (χ4n) is 4.13. The minimum absolute atomic E-state index is 0.498. The number of ether oxygens (including phenoxy) is 2. The van der Waals surface area contributed by atoms with E-state index in [0.29, 0.717) is 18.5 Å². The van der Waals surface area contributed by atoms with E-state index in [2.05, 4.69) is 20.9 Å². The number of aromatic nitrogens is 3. The topological polar surface area (TPSA) is 87.2 Å². The van der Waals surface area contributed by atoms with Crippen molar-refractivity contribution in [3.8, 4) is 0 Å². The molecule has 2 aromatic heterocycles. The second-order valence-corrected chi connectivity index (χ2v) is 7.68. The number of nitrogens with zero attached hydrogens (tertiary/aromatic N) is 3. The van der Waals surface area contributed by atoms with Gasteiger partial charge in [-0.15, -0.1) is 0 Å². The molecule has 4 rings (SSSR count). The number of hydrogen-bond donors (Lipinski definition) is 2. The van der Waals surface area contributed by atoms with Gasteiger partial charge in [-0.2, -0.15) is 0 Å². The van der Waals surface area contributed by atoms with Crippen molar-refractivity contribution in [3.63, 3.8) is 0 Å². The molecule has 1 fully saturated rings. The smallest absolute Gasteiger partial charge is 0.152 e. The lowest BCUT2D eigenvalue weighted by Crippen LogP contribution is -2.35. The number of para-hydroxylation sites is 1. The number of methoxy groups -OCH3 is 1. The Morgan fingerprint density at radius 3 is 2.86 bits per heavy atom. The molecule has 0 spiro atoms. The molecule has 7 heteroatoms. The lowest BCUT2D eigenvalue weighted by Gasteiger charge is -2.23. The van der Waals surface area contributed by atoms with Crippen molar-refractivity contribution in [2.75, 3.05) is 39.2 Å². The normalized spacial score (nSPS) is 15.5. The van der Waals surface area contributed by atoms with E-state index in [-0.39, 0.29) is 0 Å². The van der Waals surface area contributed by atoms with Crippen molar-refractivity contribution in [1.82, 2.24) is 19.9 Å². The highest BCUT2D eigenvalue weighted by molar-refractivity contribution is 6.06. The highest BCUT2D eigenvalue weighted by Crippen LogP contribution is 2.29. The lowest BCUT2D eigenvalue weighted by atomic mass is 10.1. The zero-order chi connectivity index (χ0) is 20.1. The van der Waals surface area contributed by atoms with Gasteiger partial charge in [-0.3, -0.25) is 0 Å². The van der Waals surface area contributed by atoms with Gasteiger partial charge in [-0.25, -0.2) is 9.97 Å². The van der Waals surface area contributed by atoms with Crippen LogP contribution in [-0.2, 0) is 22.4 Å². The molecule has 0 atom stereocenters. The molecule has 3 N–H and O–H groups in total. The van der Waals surface area contributed by atoms with E-state index in [1.807, 2.05) is 18.2 Å². The average Bonchev–Trinajstić information content (AvgIpc) is 3.12.